The van der Waals surface area contributed by atoms with E-state index in [1.165, 1.54) is 26.9 Å². The fourth-order valence-electron chi connectivity index (χ4n) is 6.31. The van der Waals surface area contributed by atoms with Gasteiger partial charge in [-0.15, -0.1) is 0 Å². The van der Waals surface area contributed by atoms with E-state index in [0.717, 1.165) is 51.8 Å². The fraction of sp³-hybridized carbons (Fsp3) is 0.282. The van der Waals surface area contributed by atoms with E-state index in [1.807, 2.05) is 65.4 Å². The minimum absolute atomic E-state index is 0.263. The average molecular weight is 842 g/mol. The Hall–Kier alpha value is -5.73. The van der Waals surface area contributed by atoms with Gasteiger partial charge < -0.3 is 40.1 Å². The van der Waals surface area contributed by atoms with Crippen LogP contribution in [0.15, 0.2) is 73.4 Å². The molecule has 1 aliphatic heterocycles. The predicted octanol–water partition coefficient (Wildman–Crippen LogP) is 5.91. The Morgan fingerprint density at radius 2 is 1.43 bits per heavy atom. The highest BCUT2D eigenvalue weighted by molar-refractivity contribution is 14.1. The van der Waals surface area contributed by atoms with E-state index in [-0.39, 0.29) is 11.9 Å². The van der Waals surface area contributed by atoms with Crippen LogP contribution in [-0.2, 0) is 19.1 Å². The van der Waals surface area contributed by atoms with Crippen molar-refractivity contribution in [2.24, 2.45) is 5.92 Å². The normalized spacial score (nSPS) is 13.9. The second kappa shape index (κ2) is 16.9. The molecule has 1 aliphatic rings. The Morgan fingerprint density at radius 3 is 2.07 bits per heavy atom. The van der Waals surface area contributed by atoms with Gasteiger partial charge in [0.2, 0.25) is 0 Å². The second-order valence-corrected chi connectivity index (χ2v) is 13.7. The van der Waals surface area contributed by atoms with Crippen LogP contribution >= 0.6 is 22.6 Å². The molecule has 2 atom stereocenters. The maximum Gasteiger partial charge on any atom is 0.328 e. The van der Waals surface area contributed by atoms with Crippen LogP contribution in [0.2, 0.25) is 0 Å². The number of hydrogen-bond donors (Lipinski definition) is 3. The van der Waals surface area contributed by atoms with Crippen LogP contribution < -0.4 is 21.5 Å². The highest BCUT2D eigenvalue weighted by Gasteiger charge is 2.28. The lowest BCUT2D eigenvalue weighted by Crippen LogP contribution is -2.27. The largest absolute Gasteiger partial charge is 0.467 e. The number of rotatable bonds is 7. The molecule has 2 unspecified atom stereocenters. The zero-order chi connectivity index (χ0) is 38.4. The third kappa shape index (κ3) is 7.94. The van der Waals surface area contributed by atoms with Gasteiger partial charge in [0.15, 0.2) is 0 Å². The summed E-state index contributed by atoms with van der Waals surface area (Å²) < 4.78 is 20.2. The molecule has 54 heavy (non-hydrogen) atoms. The number of nitrogen functional groups attached to an aromatic ring is 2. The van der Waals surface area contributed by atoms with E-state index in [9.17, 15) is 9.59 Å². The van der Waals surface area contributed by atoms with E-state index in [2.05, 4.69) is 59.7 Å². The van der Waals surface area contributed by atoms with Gasteiger partial charge in [-0.2, -0.15) is 0 Å². The molecule has 4 aromatic heterocycles. The molecule has 278 valence electrons. The predicted molar refractivity (Wildman–Crippen MR) is 214 cm³/mol. The Balaban J connectivity index is 0.000000244. The molecule has 0 saturated carbocycles. The number of ether oxygens (including phenoxy) is 3. The van der Waals surface area contributed by atoms with Crippen molar-refractivity contribution in [1.82, 2.24) is 34.4 Å². The molecule has 1 fully saturated rings. The molecular formula is C39H40IN9O5. The van der Waals surface area contributed by atoms with Gasteiger partial charge in [0.25, 0.3) is 0 Å². The highest BCUT2D eigenvalue weighted by atomic mass is 127. The maximum absolute atomic E-state index is 12.7. The van der Waals surface area contributed by atoms with E-state index in [1.54, 1.807) is 18.4 Å². The topological polar surface area (TPSA) is 187 Å². The summed E-state index contributed by atoms with van der Waals surface area (Å²) >= 11 is 2.14. The number of aromatic nitrogens is 6. The molecule has 0 aliphatic carbocycles. The van der Waals surface area contributed by atoms with Crippen molar-refractivity contribution in [3.05, 3.63) is 82.7 Å². The Morgan fingerprint density at radius 1 is 0.833 bits per heavy atom. The van der Waals surface area contributed by atoms with Crippen LogP contribution in [0.5, 0.6) is 11.5 Å². The quantitative estimate of drug-likeness (QED) is 0.0982. The Kier molecular flexibility index (Phi) is 11.9. The van der Waals surface area contributed by atoms with Crippen LogP contribution in [0.3, 0.4) is 0 Å². The Bertz CT molecular complexity index is 2340. The first-order valence-corrected chi connectivity index (χ1v) is 18.3. The van der Waals surface area contributed by atoms with Crippen molar-refractivity contribution in [3.63, 3.8) is 0 Å². The number of carbonyl (C=O) groups excluding carboxylic acids is 2. The highest BCUT2D eigenvalue weighted by Crippen LogP contribution is 2.39. The van der Waals surface area contributed by atoms with Gasteiger partial charge in [-0.3, -0.25) is 0 Å². The Labute approximate surface area is 325 Å². The lowest BCUT2D eigenvalue weighted by Gasteiger charge is -2.18. The molecule has 0 bridgehead atoms. The number of piperidine rings is 1. The zero-order valence-electron chi connectivity index (χ0n) is 30.2. The minimum Gasteiger partial charge on any atom is -0.467 e. The van der Waals surface area contributed by atoms with E-state index >= 15 is 0 Å². The number of methoxy groups -OCH3 is 2. The number of fused-ring (bicyclic) bond motifs is 2. The first-order valence-electron chi connectivity index (χ1n) is 17.2. The van der Waals surface area contributed by atoms with E-state index in [0.29, 0.717) is 39.8 Å². The van der Waals surface area contributed by atoms with Crippen LogP contribution in [0.4, 0.5) is 11.6 Å². The van der Waals surface area contributed by atoms with Crippen LogP contribution in [0.1, 0.15) is 44.5 Å². The number of nitrogens with two attached hydrogens (primary N) is 2. The van der Waals surface area contributed by atoms with Crippen LogP contribution in [0, 0.1) is 21.3 Å². The van der Waals surface area contributed by atoms with E-state index < -0.39 is 18.1 Å². The average Bonchev–Trinajstić information content (AvgIpc) is 3.73. The van der Waals surface area contributed by atoms with Gasteiger partial charge >= 0.3 is 11.9 Å². The molecule has 0 amide bonds. The smallest absolute Gasteiger partial charge is 0.328 e. The standard InChI is InChI=1S/C29H29N5O3.C10H11IN4O2/c1-19(29(35)36-2)34-24(13-8-20-14-16-31-17-15-20)25(26-27(30)32-18-33-28(26)34)21-9-11-23(12-10-21)37-22-6-4-3-5-7-22;1-5(10(16)17-2)15-3-6(11)7-8(12)13-4-14-9(7)15/h3-7,9-12,18-20,31H,14-17H2,1-2H3,(H2,30,32,33);3-5H,1-2H3,(H2,12,13,14). The first-order chi connectivity index (χ1) is 26.1. The first kappa shape index (κ1) is 38.0. The molecule has 6 aromatic rings. The molecule has 5 N–H and O–H groups in total. The lowest BCUT2D eigenvalue weighted by atomic mass is 9.98. The van der Waals surface area contributed by atoms with Gasteiger partial charge in [-0.05, 0) is 98.1 Å². The second-order valence-electron chi connectivity index (χ2n) is 12.5. The molecule has 0 spiro atoms. The number of nitrogens with one attached hydrogen (secondary N) is 1. The lowest BCUT2D eigenvalue weighted by molar-refractivity contribution is -0.144. The number of carbonyl (C=O) groups is 2. The number of para-hydroxylation sites is 1. The third-order valence-electron chi connectivity index (χ3n) is 9.15. The molecular weight excluding hydrogens is 801 g/mol. The minimum atomic E-state index is -0.659. The van der Waals surface area contributed by atoms with Crippen LogP contribution in [-0.4, -0.2) is 68.3 Å². The summed E-state index contributed by atoms with van der Waals surface area (Å²) in [6, 6.07) is 16.2. The molecule has 1 saturated heterocycles. The molecule has 2 aromatic carbocycles. The van der Waals surface area contributed by atoms with Gasteiger partial charge in [0.1, 0.15) is 64.9 Å². The van der Waals surface area contributed by atoms with Crippen molar-refractivity contribution in [3.8, 4) is 34.5 Å². The maximum atomic E-state index is 12.7. The van der Waals surface area contributed by atoms with Crippen molar-refractivity contribution in [2.45, 2.75) is 38.8 Å². The number of esters is 2. The summed E-state index contributed by atoms with van der Waals surface area (Å²) in [5, 5.41) is 4.80. The summed E-state index contributed by atoms with van der Waals surface area (Å²) in [6.45, 7) is 5.41. The van der Waals surface area contributed by atoms with Gasteiger partial charge in [-0.1, -0.05) is 36.3 Å². The van der Waals surface area contributed by atoms with Gasteiger partial charge in [0.05, 0.1) is 25.0 Å². The molecule has 0 radical (unpaired) electrons. The van der Waals surface area contributed by atoms with E-state index in [4.69, 9.17) is 25.7 Å². The number of anilines is 2. The van der Waals surface area contributed by atoms with Gasteiger partial charge in [-0.25, -0.2) is 29.5 Å². The molecule has 14 nitrogen and oxygen atoms in total. The summed E-state index contributed by atoms with van der Waals surface area (Å²) in [5.41, 5.74) is 15.7. The zero-order valence-corrected chi connectivity index (χ0v) is 32.4. The SMILES string of the molecule is COC(=O)C(C)n1c(C#CC2CCNCC2)c(-c2ccc(Oc3ccccc3)cc2)c2c(N)ncnc21.COC(=O)C(C)n1cc(I)c2c(N)ncnc21. The summed E-state index contributed by atoms with van der Waals surface area (Å²) in [6.07, 6.45) is 6.56. The fourth-order valence-corrected chi connectivity index (χ4v) is 7.12. The number of halogens is 1. The third-order valence-corrected chi connectivity index (χ3v) is 9.97. The summed E-state index contributed by atoms with van der Waals surface area (Å²) in [5.74, 6) is 8.59. The van der Waals surface area contributed by atoms with Crippen molar-refractivity contribution in [2.75, 3.05) is 38.8 Å². The summed E-state index contributed by atoms with van der Waals surface area (Å²) in [7, 11) is 2.74. The molecule has 15 heteroatoms. The molecule has 7 rings (SSSR count). The van der Waals surface area contributed by atoms with Crippen molar-refractivity contribution < 1.29 is 23.8 Å². The number of hydrogen-bond acceptors (Lipinski definition) is 12. The molecule has 5 heterocycles. The number of nitrogens with zero attached hydrogens (tertiary/aromatic N) is 6. The summed E-state index contributed by atoms with van der Waals surface area (Å²) in [4.78, 5) is 41.1. The monoisotopic (exact) mass is 841 g/mol. The van der Waals surface area contributed by atoms with Gasteiger partial charge in [0, 0.05) is 21.2 Å². The van der Waals surface area contributed by atoms with Crippen LogP contribution in [0.25, 0.3) is 33.2 Å². The number of benzene rings is 2. The van der Waals surface area contributed by atoms with Crippen molar-refractivity contribution >= 4 is 68.2 Å². The van der Waals surface area contributed by atoms with Crippen molar-refractivity contribution in [1.29, 1.82) is 0 Å².